The van der Waals surface area contributed by atoms with E-state index in [4.69, 9.17) is 4.52 Å². The van der Waals surface area contributed by atoms with Crippen LogP contribution in [0.2, 0.25) is 0 Å². The molecule has 1 atom stereocenters. The highest BCUT2D eigenvalue weighted by Gasteiger charge is 2.24. The van der Waals surface area contributed by atoms with Crippen molar-refractivity contribution in [3.05, 3.63) is 76.4 Å². The van der Waals surface area contributed by atoms with Crippen LogP contribution in [-0.4, -0.2) is 44.3 Å². The molecule has 0 saturated carbocycles. The van der Waals surface area contributed by atoms with Crippen LogP contribution >= 0.6 is 0 Å². The summed E-state index contributed by atoms with van der Waals surface area (Å²) < 4.78 is 21.0. The Morgan fingerprint density at radius 2 is 2.03 bits per heavy atom. The summed E-state index contributed by atoms with van der Waals surface area (Å²) in [5, 5.41) is 7.55. The number of rotatable bonds is 5. The van der Waals surface area contributed by atoms with Crippen LogP contribution in [0.15, 0.2) is 58.1 Å². The molecule has 174 valence electrons. The van der Waals surface area contributed by atoms with Crippen molar-refractivity contribution in [2.24, 2.45) is 7.05 Å². The van der Waals surface area contributed by atoms with Crippen molar-refractivity contribution >= 4 is 5.95 Å². The molecule has 0 radical (unpaired) electrons. The third kappa shape index (κ3) is 4.19. The molecular formula is C24H24FN7O2. The number of nitrogens with one attached hydrogen (secondary N) is 1. The number of hydrogen-bond acceptors (Lipinski definition) is 8. The van der Waals surface area contributed by atoms with Gasteiger partial charge in [-0.2, -0.15) is 4.98 Å². The zero-order chi connectivity index (χ0) is 23.7. The van der Waals surface area contributed by atoms with Crippen LogP contribution in [0.4, 0.5) is 10.3 Å². The Morgan fingerprint density at radius 3 is 2.76 bits per heavy atom. The highest BCUT2D eigenvalue weighted by molar-refractivity contribution is 5.60. The molecule has 0 bridgehead atoms. The summed E-state index contributed by atoms with van der Waals surface area (Å²) >= 11 is 0. The molecule has 0 spiro atoms. The molecule has 0 aliphatic carbocycles. The summed E-state index contributed by atoms with van der Waals surface area (Å²) in [7, 11) is 1.68. The van der Waals surface area contributed by atoms with E-state index in [9.17, 15) is 9.18 Å². The van der Waals surface area contributed by atoms with E-state index >= 15 is 0 Å². The van der Waals surface area contributed by atoms with Gasteiger partial charge in [0.25, 0.3) is 5.56 Å². The molecule has 34 heavy (non-hydrogen) atoms. The monoisotopic (exact) mass is 461 g/mol. The van der Waals surface area contributed by atoms with Gasteiger partial charge in [0.05, 0.1) is 11.9 Å². The summed E-state index contributed by atoms with van der Waals surface area (Å²) in [5.41, 5.74) is 2.28. The molecule has 10 heteroatoms. The first-order valence-electron chi connectivity index (χ1n) is 11.1. The molecule has 4 heterocycles. The Balaban J connectivity index is 1.40. The zero-order valence-corrected chi connectivity index (χ0v) is 18.9. The quantitative estimate of drug-likeness (QED) is 0.484. The number of anilines is 1. The second-order valence-corrected chi connectivity index (χ2v) is 8.13. The lowest BCUT2D eigenvalue weighted by Gasteiger charge is -2.35. The fourth-order valence-corrected chi connectivity index (χ4v) is 4.07. The van der Waals surface area contributed by atoms with Gasteiger partial charge in [-0.1, -0.05) is 36.3 Å². The first-order chi connectivity index (χ1) is 16.5. The summed E-state index contributed by atoms with van der Waals surface area (Å²) in [6.07, 6.45) is 3.30. The average molecular weight is 462 g/mol. The van der Waals surface area contributed by atoms with Crippen LogP contribution in [0, 0.1) is 5.82 Å². The van der Waals surface area contributed by atoms with E-state index in [1.807, 2.05) is 36.1 Å². The van der Waals surface area contributed by atoms with E-state index in [2.05, 4.69) is 25.4 Å². The van der Waals surface area contributed by atoms with E-state index in [1.165, 1.54) is 22.9 Å². The fraction of sp³-hybridized carbons (Fsp3) is 0.292. The van der Waals surface area contributed by atoms with Gasteiger partial charge in [0.2, 0.25) is 17.7 Å². The van der Waals surface area contributed by atoms with Gasteiger partial charge in [0, 0.05) is 62.5 Å². The van der Waals surface area contributed by atoms with Gasteiger partial charge in [-0.3, -0.25) is 14.3 Å². The van der Waals surface area contributed by atoms with Gasteiger partial charge in [-0.05, 0) is 11.6 Å². The van der Waals surface area contributed by atoms with E-state index < -0.39 is 5.82 Å². The first kappa shape index (κ1) is 21.9. The number of halogens is 1. The Kier molecular flexibility index (Phi) is 5.89. The van der Waals surface area contributed by atoms with Gasteiger partial charge in [0.1, 0.15) is 0 Å². The molecule has 0 unspecified atom stereocenters. The number of aryl methyl sites for hydroxylation is 1. The lowest BCUT2D eigenvalue weighted by Crippen LogP contribution is -2.47. The maximum absolute atomic E-state index is 14.3. The summed E-state index contributed by atoms with van der Waals surface area (Å²) in [6, 6.07) is 10.9. The highest BCUT2D eigenvalue weighted by atomic mass is 19.1. The van der Waals surface area contributed by atoms with E-state index in [1.54, 1.807) is 7.05 Å². The van der Waals surface area contributed by atoms with Crippen LogP contribution in [0.5, 0.6) is 0 Å². The predicted molar refractivity (Wildman–Crippen MR) is 125 cm³/mol. The molecule has 5 rings (SSSR count). The molecule has 4 aromatic rings. The normalized spacial score (nSPS) is 16.1. The number of aromatic nitrogens is 5. The van der Waals surface area contributed by atoms with Crippen molar-refractivity contribution in [2.45, 2.75) is 19.4 Å². The second-order valence-electron chi connectivity index (χ2n) is 8.13. The largest absolute Gasteiger partial charge is 0.339 e. The fourth-order valence-electron chi connectivity index (χ4n) is 4.07. The third-order valence-electron chi connectivity index (χ3n) is 5.96. The number of pyridine rings is 1. The van der Waals surface area contributed by atoms with Crippen molar-refractivity contribution in [1.82, 2.24) is 30.0 Å². The van der Waals surface area contributed by atoms with Crippen molar-refractivity contribution in [3.63, 3.8) is 0 Å². The summed E-state index contributed by atoms with van der Waals surface area (Å²) in [6.45, 7) is 3.94. The molecule has 3 aromatic heterocycles. The van der Waals surface area contributed by atoms with Gasteiger partial charge in [-0.15, -0.1) is 0 Å². The number of benzene rings is 1. The van der Waals surface area contributed by atoms with Crippen molar-refractivity contribution in [3.8, 4) is 22.6 Å². The molecule has 1 N–H and O–H groups in total. The molecule has 9 nitrogen and oxygen atoms in total. The molecular weight excluding hydrogens is 437 g/mol. The maximum Gasteiger partial charge on any atom is 0.255 e. The van der Waals surface area contributed by atoms with Gasteiger partial charge in [-0.25, -0.2) is 9.37 Å². The third-order valence-corrected chi connectivity index (χ3v) is 5.96. The topological polar surface area (TPSA) is 102 Å². The van der Waals surface area contributed by atoms with Crippen LogP contribution in [0.3, 0.4) is 0 Å². The minimum Gasteiger partial charge on any atom is -0.339 e. The van der Waals surface area contributed by atoms with Crippen molar-refractivity contribution < 1.29 is 8.91 Å². The molecule has 1 fully saturated rings. The standard InChI is InChI=1S/C24H24FN7O2/c1-3-21-29-23(30-34-21)16-6-4-15(5-7-16)20-14-32(11-10-27-20)24-28-19(12-22(33)31(24)2)17-8-9-26-13-18(17)25/h4-9,12-13,20,27H,3,10-11,14H2,1-2H3/t20-/m1/s1. The minimum atomic E-state index is -0.514. The Bertz CT molecular complexity index is 1370. The van der Waals surface area contributed by atoms with Gasteiger partial charge in [0.15, 0.2) is 5.82 Å². The maximum atomic E-state index is 14.3. The molecule has 1 aliphatic rings. The number of hydrogen-bond donors (Lipinski definition) is 1. The molecule has 1 aliphatic heterocycles. The Hall–Kier alpha value is -3.92. The highest BCUT2D eigenvalue weighted by Crippen LogP contribution is 2.25. The van der Waals surface area contributed by atoms with E-state index in [-0.39, 0.29) is 17.2 Å². The number of piperazine rings is 1. The number of nitrogens with zero attached hydrogens (tertiary/aromatic N) is 6. The van der Waals surface area contributed by atoms with Crippen molar-refractivity contribution in [1.29, 1.82) is 0 Å². The SMILES string of the molecule is CCc1nc(-c2ccc([C@H]3CN(c4nc(-c5ccncc5F)cc(=O)n4C)CCN3)cc2)no1. The van der Waals surface area contributed by atoms with E-state index in [0.717, 1.165) is 17.3 Å². The van der Waals surface area contributed by atoms with Crippen LogP contribution < -0.4 is 15.8 Å². The van der Waals surface area contributed by atoms with Crippen molar-refractivity contribution in [2.75, 3.05) is 24.5 Å². The van der Waals surface area contributed by atoms with E-state index in [0.29, 0.717) is 49.4 Å². The summed E-state index contributed by atoms with van der Waals surface area (Å²) in [4.78, 5) is 27.5. The van der Waals surface area contributed by atoms with Crippen LogP contribution in [-0.2, 0) is 13.5 Å². The Labute approximate surface area is 195 Å². The summed E-state index contributed by atoms with van der Waals surface area (Å²) in [5.74, 6) is 1.16. The van der Waals surface area contributed by atoms with Crippen LogP contribution in [0.25, 0.3) is 22.6 Å². The second kappa shape index (κ2) is 9.14. The van der Waals surface area contributed by atoms with Gasteiger partial charge < -0.3 is 14.7 Å². The lowest BCUT2D eigenvalue weighted by molar-refractivity contribution is 0.383. The average Bonchev–Trinajstić information content (AvgIpc) is 3.36. The predicted octanol–water partition coefficient (Wildman–Crippen LogP) is 2.74. The lowest BCUT2D eigenvalue weighted by atomic mass is 10.0. The molecule has 1 aromatic carbocycles. The minimum absolute atomic E-state index is 0.0255. The van der Waals surface area contributed by atoms with Crippen LogP contribution in [0.1, 0.15) is 24.4 Å². The smallest absolute Gasteiger partial charge is 0.255 e. The zero-order valence-electron chi connectivity index (χ0n) is 18.9. The molecule has 1 saturated heterocycles. The first-order valence-corrected chi connectivity index (χ1v) is 11.1. The molecule has 0 amide bonds. The Morgan fingerprint density at radius 1 is 1.21 bits per heavy atom. The van der Waals surface area contributed by atoms with Gasteiger partial charge >= 0.3 is 0 Å².